The highest BCUT2D eigenvalue weighted by Crippen LogP contribution is 2.24. The van der Waals surface area contributed by atoms with Gasteiger partial charge in [0.2, 0.25) is 5.88 Å². The number of hydrogen-bond donors (Lipinski definition) is 2. The predicted octanol–water partition coefficient (Wildman–Crippen LogP) is 1.81. The molecule has 2 amide bonds. The van der Waals surface area contributed by atoms with Gasteiger partial charge in [-0.05, 0) is 24.8 Å². The van der Waals surface area contributed by atoms with Gasteiger partial charge in [0.25, 0.3) is 0 Å². The number of hydrogen-bond acceptors (Lipinski definition) is 4. The molecule has 1 aromatic heterocycles. The lowest BCUT2D eigenvalue weighted by Crippen LogP contribution is -2.53. The topological polar surface area (TPSA) is 91.8 Å². The predicted molar refractivity (Wildman–Crippen MR) is 76.3 cm³/mol. The second-order valence-electron chi connectivity index (χ2n) is 5.12. The van der Waals surface area contributed by atoms with Crippen LogP contribution in [0.3, 0.4) is 0 Å². The van der Waals surface area contributed by atoms with Gasteiger partial charge >= 0.3 is 12.0 Å². The molecule has 1 fully saturated rings. The number of likely N-dealkylation sites (tertiary alicyclic amines) is 1. The third-order valence-electron chi connectivity index (χ3n) is 3.64. The SMILES string of the molecule is COc1ccc(NC(=O)N2CCCC(C)C2C(=O)O)cn1. The number of urea groups is 1. The molecule has 1 saturated heterocycles. The number of carboxylic acids is 1. The van der Waals surface area contributed by atoms with Gasteiger partial charge in [-0.25, -0.2) is 14.6 Å². The third-order valence-corrected chi connectivity index (χ3v) is 3.64. The Balaban J connectivity index is 2.08. The minimum atomic E-state index is -0.967. The summed E-state index contributed by atoms with van der Waals surface area (Å²) in [5, 5.41) is 12.0. The van der Waals surface area contributed by atoms with Crippen LogP contribution in [-0.4, -0.2) is 46.7 Å². The number of piperidine rings is 1. The number of anilines is 1. The number of ether oxygens (including phenoxy) is 1. The van der Waals surface area contributed by atoms with E-state index in [1.54, 1.807) is 12.1 Å². The number of nitrogens with one attached hydrogen (secondary N) is 1. The first-order valence-corrected chi connectivity index (χ1v) is 6.83. The Labute approximate surface area is 122 Å². The van der Waals surface area contributed by atoms with E-state index in [1.165, 1.54) is 18.2 Å². The molecule has 2 rings (SSSR count). The van der Waals surface area contributed by atoms with Gasteiger partial charge in [0.05, 0.1) is 19.0 Å². The molecule has 21 heavy (non-hydrogen) atoms. The zero-order valence-electron chi connectivity index (χ0n) is 12.1. The number of aromatic nitrogens is 1. The standard InChI is InChI=1S/C14H19N3O4/c1-9-4-3-7-17(12(9)13(18)19)14(20)16-10-5-6-11(21-2)15-8-10/h5-6,8-9,12H,3-4,7H2,1-2H3,(H,16,20)(H,18,19). The van der Waals surface area contributed by atoms with Crippen LogP contribution in [0.25, 0.3) is 0 Å². The Morgan fingerprint density at radius 1 is 1.48 bits per heavy atom. The molecule has 0 radical (unpaired) electrons. The lowest BCUT2D eigenvalue weighted by Gasteiger charge is -2.37. The highest BCUT2D eigenvalue weighted by Gasteiger charge is 2.37. The average Bonchev–Trinajstić information content (AvgIpc) is 2.47. The van der Waals surface area contributed by atoms with Crippen LogP contribution in [0.15, 0.2) is 18.3 Å². The molecule has 0 saturated carbocycles. The van der Waals surface area contributed by atoms with Crippen LogP contribution in [0.4, 0.5) is 10.5 Å². The molecular weight excluding hydrogens is 274 g/mol. The maximum absolute atomic E-state index is 12.3. The smallest absolute Gasteiger partial charge is 0.326 e. The summed E-state index contributed by atoms with van der Waals surface area (Å²) in [5.41, 5.74) is 0.503. The van der Waals surface area contributed by atoms with Crippen LogP contribution in [-0.2, 0) is 4.79 Å². The van der Waals surface area contributed by atoms with Gasteiger partial charge in [-0.3, -0.25) is 0 Å². The molecule has 0 aromatic carbocycles. The first kappa shape index (κ1) is 15.1. The molecule has 7 heteroatoms. The summed E-state index contributed by atoms with van der Waals surface area (Å²) in [4.78, 5) is 29.0. The number of amides is 2. The molecule has 1 aliphatic rings. The van der Waals surface area contributed by atoms with Crippen molar-refractivity contribution >= 4 is 17.7 Å². The normalized spacial score (nSPS) is 21.7. The van der Waals surface area contributed by atoms with E-state index >= 15 is 0 Å². The summed E-state index contributed by atoms with van der Waals surface area (Å²) in [6.07, 6.45) is 3.09. The number of aliphatic carboxylic acids is 1. The number of carboxylic acid groups (broad SMARTS) is 1. The van der Waals surface area contributed by atoms with Crippen molar-refractivity contribution < 1.29 is 19.4 Å². The fraction of sp³-hybridized carbons (Fsp3) is 0.500. The van der Waals surface area contributed by atoms with Crippen molar-refractivity contribution in [1.29, 1.82) is 0 Å². The highest BCUT2D eigenvalue weighted by atomic mass is 16.5. The number of carbonyl (C=O) groups is 2. The lowest BCUT2D eigenvalue weighted by atomic mass is 9.91. The number of nitrogens with zero attached hydrogens (tertiary/aromatic N) is 2. The molecule has 2 N–H and O–H groups in total. The fourth-order valence-electron chi connectivity index (χ4n) is 2.56. The van der Waals surface area contributed by atoms with Crippen molar-refractivity contribution in [2.75, 3.05) is 19.0 Å². The minimum absolute atomic E-state index is 0.0593. The van der Waals surface area contributed by atoms with Crippen molar-refractivity contribution in [2.45, 2.75) is 25.8 Å². The molecule has 0 aliphatic carbocycles. The van der Waals surface area contributed by atoms with Gasteiger partial charge in [-0.1, -0.05) is 6.92 Å². The van der Waals surface area contributed by atoms with Gasteiger partial charge in [0, 0.05) is 12.6 Å². The molecule has 1 aromatic rings. The molecule has 2 unspecified atom stereocenters. The van der Waals surface area contributed by atoms with Gasteiger partial charge in [-0.2, -0.15) is 0 Å². The summed E-state index contributed by atoms with van der Waals surface area (Å²) in [5.74, 6) is -0.579. The summed E-state index contributed by atoms with van der Waals surface area (Å²) in [7, 11) is 1.51. The fourth-order valence-corrected chi connectivity index (χ4v) is 2.56. The van der Waals surface area contributed by atoms with Crippen LogP contribution in [0.2, 0.25) is 0 Å². The lowest BCUT2D eigenvalue weighted by molar-refractivity contribution is -0.145. The van der Waals surface area contributed by atoms with Gasteiger partial charge in [0.15, 0.2) is 0 Å². The molecule has 7 nitrogen and oxygen atoms in total. The quantitative estimate of drug-likeness (QED) is 0.886. The molecule has 0 spiro atoms. The van der Waals surface area contributed by atoms with E-state index in [4.69, 9.17) is 4.74 Å². The van der Waals surface area contributed by atoms with Crippen LogP contribution < -0.4 is 10.1 Å². The van der Waals surface area contributed by atoms with Gasteiger partial charge < -0.3 is 20.1 Å². The number of rotatable bonds is 3. The molecule has 2 heterocycles. The molecule has 114 valence electrons. The summed E-state index contributed by atoms with van der Waals surface area (Å²) < 4.78 is 4.94. The van der Waals surface area contributed by atoms with Crippen LogP contribution in [0.5, 0.6) is 5.88 Å². The summed E-state index contributed by atoms with van der Waals surface area (Å²) >= 11 is 0. The van der Waals surface area contributed by atoms with Gasteiger partial charge in [0.1, 0.15) is 6.04 Å². The largest absolute Gasteiger partial charge is 0.481 e. The van der Waals surface area contributed by atoms with Crippen molar-refractivity contribution in [3.05, 3.63) is 18.3 Å². The second kappa shape index (κ2) is 6.43. The van der Waals surface area contributed by atoms with Crippen molar-refractivity contribution in [3.63, 3.8) is 0 Å². The van der Waals surface area contributed by atoms with Crippen molar-refractivity contribution in [2.24, 2.45) is 5.92 Å². The number of carbonyl (C=O) groups excluding carboxylic acids is 1. The zero-order valence-corrected chi connectivity index (χ0v) is 12.1. The second-order valence-corrected chi connectivity index (χ2v) is 5.12. The first-order valence-electron chi connectivity index (χ1n) is 6.83. The maximum atomic E-state index is 12.3. The Kier molecular flexibility index (Phi) is 4.62. The van der Waals surface area contributed by atoms with Gasteiger partial charge in [-0.15, -0.1) is 0 Å². The Bertz CT molecular complexity index is 517. The van der Waals surface area contributed by atoms with Crippen LogP contribution in [0.1, 0.15) is 19.8 Å². The minimum Gasteiger partial charge on any atom is -0.481 e. The molecule has 0 bridgehead atoms. The Morgan fingerprint density at radius 3 is 2.81 bits per heavy atom. The Morgan fingerprint density at radius 2 is 2.24 bits per heavy atom. The summed E-state index contributed by atoms with van der Waals surface area (Å²) in [6.45, 7) is 2.30. The van der Waals surface area contributed by atoms with Crippen LogP contribution in [0, 0.1) is 5.92 Å². The average molecular weight is 293 g/mol. The van der Waals surface area contributed by atoms with E-state index in [9.17, 15) is 14.7 Å². The van der Waals surface area contributed by atoms with E-state index in [-0.39, 0.29) is 5.92 Å². The van der Waals surface area contributed by atoms with Crippen LogP contribution >= 0.6 is 0 Å². The van der Waals surface area contributed by atoms with E-state index in [2.05, 4.69) is 10.3 Å². The molecule has 2 atom stereocenters. The van der Waals surface area contributed by atoms with E-state index < -0.39 is 18.0 Å². The zero-order chi connectivity index (χ0) is 15.4. The third kappa shape index (κ3) is 3.42. The van der Waals surface area contributed by atoms with E-state index in [0.717, 1.165) is 12.8 Å². The highest BCUT2D eigenvalue weighted by molar-refractivity contribution is 5.92. The number of methoxy groups -OCH3 is 1. The maximum Gasteiger partial charge on any atom is 0.326 e. The van der Waals surface area contributed by atoms with E-state index in [0.29, 0.717) is 18.1 Å². The van der Waals surface area contributed by atoms with Crippen molar-refractivity contribution in [3.8, 4) is 5.88 Å². The summed E-state index contributed by atoms with van der Waals surface area (Å²) in [6, 6.07) is 2.08. The molecule has 1 aliphatic heterocycles. The van der Waals surface area contributed by atoms with Crippen molar-refractivity contribution in [1.82, 2.24) is 9.88 Å². The number of pyridine rings is 1. The van der Waals surface area contributed by atoms with E-state index in [1.807, 2.05) is 6.92 Å². The molecular formula is C14H19N3O4. The first-order chi connectivity index (χ1) is 10.0. The Hall–Kier alpha value is -2.31. The monoisotopic (exact) mass is 293 g/mol.